The first-order valence-corrected chi connectivity index (χ1v) is 9.16. The summed E-state index contributed by atoms with van der Waals surface area (Å²) in [5.41, 5.74) is 2.11. The number of rotatable bonds is 5. The first-order chi connectivity index (χ1) is 13.2. The van der Waals surface area contributed by atoms with Crippen LogP contribution in [0.15, 0.2) is 48.7 Å². The molecule has 0 radical (unpaired) electrons. The number of aromatic nitrogens is 1. The Morgan fingerprint density at radius 1 is 1.15 bits per heavy atom. The molecule has 27 heavy (non-hydrogen) atoms. The number of amides is 2. The topological polar surface area (TPSA) is 83.6 Å². The van der Waals surface area contributed by atoms with Crippen LogP contribution in [0.25, 0.3) is 0 Å². The second-order valence-electron chi connectivity index (χ2n) is 6.35. The average molecular weight is 368 g/mol. The first kappa shape index (κ1) is 18.7. The predicted octanol–water partition coefficient (Wildman–Crippen LogP) is 3.18. The largest absolute Gasteiger partial charge is 0.450 e. The average Bonchev–Trinajstić information content (AvgIpc) is 2.70. The zero-order valence-corrected chi connectivity index (χ0v) is 15.4. The van der Waals surface area contributed by atoms with E-state index in [1.54, 1.807) is 24.1 Å². The Morgan fingerprint density at radius 2 is 1.89 bits per heavy atom. The molecule has 3 rings (SSSR count). The Labute approximate surface area is 158 Å². The Morgan fingerprint density at radius 3 is 2.59 bits per heavy atom. The van der Waals surface area contributed by atoms with Crippen LogP contribution < -0.4 is 10.6 Å². The standard InChI is InChI=1S/C20H24N4O3/c1-2-27-20(26)24-12-9-16(10-13-24)23-19(25)18-14-17(8-11-21-18)22-15-6-4-3-5-7-15/h3-8,11,14,16H,2,9-10,12-13H2,1H3,(H,21,22)(H,23,25). The molecule has 1 aromatic heterocycles. The van der Waals surface area contributed by atoms with E-state index in [2.05, 4.69) is 15.6 Å². The van der Waals surface area contributed by atoms with Crippen LogP contribution in [0.5, 0.6) is 0 Å². The SMILES string of the molecule is CCOC(=O)N1CCC(NC(=O)c2cc(Nc3ccccc3)ccn2)CC1. The smallest absolute Gasteiger partial charge is 0.409 e. The van der Waals surface area contributed by atoms with Gasteiger partial charge in [-0.05, 0) is 44.0 Å². The summed E-state index contributed by atoms with van der Waals surface area (Å²) in [6.45, 7) is 3.31. The van der Waals surface area contributed by atoms with Gasteiger partial charge < -0.3 is 20.3 Å². The number of hydrogen-bond donors (Lipinski definition) is 2. The van der Waals surface area contributed by atoms with Crippen LogP contribution in [-0.4, -0.2) is 47.6 Å². The number of ether oxygens (including phenoxy) is 1. The molecule has 7 heteroatoms. The van der Waals surface area contributed by atoms with Gasteiger partial charge in [0, 0.05) is 36.7 Å². The van der Waals surface area contributed by atoms with Crippen molar-refractivity contribution in [1.29, 1.82) is 0 Å². The summed E-state index contributed by atoms with van der Waals surface area (Å²) < 4.78 is 5.01. The maximum atomic E-state index is 12.5. The number of nitrogens with one attached hydrogen (secondary N) is 2. The van der Waals surface area contributed by atoms with E-state index in [4.69, 9.17) is 4.74 Å². The van der Waals surface area contributed by atoms with Crippen LogP contribution in [0, 0.1) is 0 Å². The minimum absolute atomic E-state index is 0.0238. The number of para-hydroxylation sites is 1. The van der Waals surface area contributed by atoms with E-state index in [0.29, 0.717) is 38.2 Å². The number of benzene rings is 1. The highest BCUT2D eigenvalue weighted by atomic mass is 16.6. The van der Waals surface area contributed by atoms with Gasteiger partial charge in [0.05, 0.1) is 6.61 Å². The molecular formula is C20H24N4O3. The number of nitrogens with zero attached hydrogens (tertiary/aromatic N) is 2. The van der Waals surface area contributed by atoms with Gasteiger partial charge in [-0.25, -0.2) is 4.79 Å². The van der Waals surface area contributed by atoms with E-state index in [1.165, 1.54) is 0 Å². The van der Waals surface area contributed by atoms with Gasteiger partial charge in [-0.1, -0.05) is 18.2 Å². The third kappa shape index (κ3) is 5.20. The highest BCUT2D eigenvalue weighted by Crippen LogP contribution is 2.17. The molecule has 142 valence electrons. The molecule has 1 fully saturated rings. The van der Waals surface area contributed by atoms with Gasteiger partial charge >= 0.3 is 6.09 Å². The van der Waals surface area contributed by atoms with Gasteiger partial charge in [0.1, 0.15) is 5.69 Å². The molecule has 1 saturated heterocycles. The van der Waals surface area contributed by atoms with Crippen molar-refractivity contribution in [3.63, 3.8) is 0 Å². The fourth-order valence-corrected chi connectivity index (χ4v) is 3.00. The van der Waals surface area contributed by atoms with E-state index in [-0.39, 0.29) is 18.0 Å². The van der Waals surface area contributed by atoms with E-state index in [9.17, 15) is 9.59 Å². The van der Waals surface area contributed by atoms with Gasteiger partial charge in [-0.15, -0.1) is 0 Å². The van der Waals surface area contributed by atoms with Crippen LogP contribution >= 0.6 is 0 Å². The number of likely N-dealkylation sites (tertiary alicyclic amines) is 1. The van der Waals surface area contributed by atoms with Crippen LogP contribution in [0.4, 0.5) is 16.2 Å². The molecule has 0 atom stereocenters. The van der Waals surface area contributed by atoms with Gasteiger partial charge in [-0.3, -0.25) is 9.78 Å². The Hall–Kier alpha value is -3.09. The van der Waals surface area contributed by atoms with Crippen LogP contribution in [0.2, 0.25) is 0 Å². The summed E-state index contributed by atoms with van der Waals surface area (Å²) in [5.74, 6) is -0.207. The maximum absolute atomic E-state index is 12.5. The van der Waals surface area contributed by atoms with Crippen LogP contribution in [0.3, 0.4) is 0 Å². The summed E-state index contributed by atoms with van der Waals surface area (Å²) in [6.07, 6.45) is 2.73. The molecule has 2 aromatic rings. The third-order valence-electron chi connectivity index (χ3n) is 4.41. The zero-order valence-electron chi connectivity index (χ0n) is 15.4. The number of pyridine rings is 1. The van der Waals surface area contributed by atoms with Gasteiger partial charge in [0.25, 0.3) is 5.91 Å². The van der Waals surface area contributed by atoms with Gasteiger partial charge in [0.2, 0.25) is 0 Å². The number of anilines is 2. The fraction of sp³-hybridized carbons (Fsp3) is 0.350. The summed E-state index contributed by atoms with van der Waals surface area (Å²) in [5, 5.41) is 6.26. The molecule has 7 nitrogen and oxygen atoms in total. The van der Waals surface area contributed by atoms with Crippen LogP contribution in [0.1, 0.15) is 30.3 Å². The minimum atomic E-state index is -0.288. The highest BCUT2D eigenvalue weighted by molar-refractivity contribution is 5.93. The number of piperidine rings is 1. The first-order valence-electron chi connectivity index (χ1n) is 9.16. The van der Waals surface area contributed by atoms with Crippen molar-refractivity contribution in [3.8, 4) is 0 Å². The molecule has 1 aliphatic heterocycles. The van der Waals surface area contributed by atoms with E-state index in [0.717, 1.165) is 11.4 Å². The van der Waals surface area contributed by atoms with Crippen molar-refractivity contribution in [1.82, 2.24) is 15.2 Å². The molecule has 0 spiro atoms. The van der Waals surface area contributed by atoms with Crippen molar-refractivity contribution in [3.05, 3.63) is 54.4 Å². The zero-order chi connectivity index (χ0) is 19.1. The van der Waals surface area contributed by atoms with Crippen molar-refractivity contribution in [2.75, 3.05) is 25.0 Å². The lowest BCUT2D eigenvalue weighted by atomic mass is 10.1. The summed E-state index contributed by atoms with van der Waals surface area (Å²) >= 11 is 0. The van der Waals surface area contributed by atoms with Crippen molar-refractivity contribution in [2.24, 2.45) is 0 Å². The molecule has 0 saturated carbocycles. The lowest BCUT2D eigenvalue weighted by Gasteiger charge is -2.31. The van der Waals surface area contributed by atoms with Crippen molar-refractivity contribution < 1.29 is 14.3 Å². The Bertz CT molecular complexity index is 774. The molecule has 1 aliphatic rings. The Kier molecular flexibility index (Phi) is 6.25. The van der Waals surface area contributed by atoms with Crippen molar-refractivity contribution in [2.45, 2.75) is 25.8 Å². The molecule has 0 bridgehead atoms. The van der Waals surface area contributed by atoms with E-state index < -0.39 is 0 Å². The molecule has 0 aliphatic carbocycles. The number of carbonyl (C=O) groups is 2. The van der Waals surface area contributed by atoms with E-state index in [1.807, 2.05) is 36.4 Å². The summed E-state index contributed by atoms with van der Waals surface area (Å²) in [7, 11) is 0. The predicted molar refractivity (Wildman–Crippen MR) is 103 cm³/mol. The second kappa shape index (κ2) is 9.02. The van der Waals surface area contributed by atoms with Crippen LogP contribution in [-0.2, 0) is 4.74 Å². The monoisotopic (exact) mass is 368 g/mol. The minimum Gasteiger partial charge on any atom is -0.450 e. The number of hydrogen-bond acceptors (Lipinski definition) is 5. The Balaban J connectivity index is 1.54. The van der Waals surface area contributed by atoms with E-state index >= 15 is 0 Å². The summed E-state index contributed by atoms with van der Waals surface area (Å²) in [4.78, 5) is 30.1. The van der Waals surface area contributed by atoms with Crippen molar-refractivity contribution >= 4 is 23.4 Å². The quantitative estimate of drug-likeness (QED) is 0.847. The second-order valence-corrected chi connectivity index (χ2v) is 6.35. The van der Waals surface area contributed by atoms with Gasteiger partial charge in [-0.2, -0.15) is 0 Å². The fourth-order valence-electron chi connectivity index (χ4n) is 3.00. The van der Waals surface area contributed by atoms with Gasteiger partial charge in [0.15, 0.2) is 0 Å². The molecule has 2 amide bonds. The molecule has 2 heterocycles. The summed E-state index contributed by atoms with van der Waals surface area (Å²) in [6, 6.07) is 13.3. The molecular weight excluding hydrogens is 344 g/mol. The third-order valence-corrected chi connectivity index (χ3v) is 4.41. The normalized spacial score (nSPS) is 14.5. The molecule has 1 aromatic carbocycles. The molecule has 2 N–H and O–H groups in total. The highest BCUT2D eigenvalue weighted by Gasteiger charge is 2.25. The lowest BCUT2D eigenvalue weighted by Crippen LogP contribution is -2.46. The maximum Gasteiger partial charge on any atom is 0.409 e. The lowest BCUT2D eigenvalue weighted by molar-refractivity contribution is 0.0856. The number of carbonyl (C=O) groups excluding carboxylic acids is 2. The molecule has 0 unspecified atom stereocenters.